The molecule has 3 nitrogen and oxygen atoms in total. The summed E-state index contributed by atoms with van der Waals surface area (Å²) in [4.78, 5) is 12.7. The summed E-state index contributed by atoms with van der Waals surface area (Å²) in [5, 5.41) is 2.95. The molecule has 0 saturated heterocycles. The summed E-state index contributed by atoms with van der Waals surface area (Å²) in [5.74, 6) is 2.10. The van der Waals surface area contributed by atoms with E-state index in [0.29, 0.717) is 11.7 Å². The van der Waals surface area contributed by atoms with Crippen LogP contribution in [0.15, 0.2) is 29.2 Å². The van der Waals surface area contributed by atoms with E-state index in [-0.39, 0.29) is 5.91 Å². The molecule has 0 aromatic heterocycles. The number of nitrogens with one attached hydrogen (secondary N) is 1. The van der Waals surface area contributed by atoms with Gasteiger partial charge in [0.15, 0.2) is 0 Å². The van der Waals surface area contributed by atoms with Gasteiger partial charge in [0.1, 0.15) is 5.75 Å². The van der Waals surface area contributed by atoms with E-state index in [9.17, 15) is 4.79 Å². The molecule has 0 aliphatic heterocycles. The SMILES string of the molecule is COc1ccc(SCC(=O)NCCCC(C)C)cc1. The molecule has 1 N–H and O–H groups in total. The Morgan fingerprint density at radius 3 is 2.58 bits per heavy atom. The van der Waals surface area contributed by atoms with Gasteiger partial charge in [-0.25, -0.2) is 0 Å². The van der Waals surface area contributed by atoms with E-state index < -0.39 is 0 Å². The number of rotatable bonds is 8. The van der Waals surface area contributed by atoms with Gasteiger partial charge in [-0.2, -0.15) is 0 Å². The lowest BCUT2D eigenvalue weighted by Crippen LogP contribution is -2.26. The Bertz CT molecular complexity index is 376. The Labute approximate surface area is 120 Å². The predicted octanol–water partition coefficient (Wildman–Crippen LogP) is 3.34. The highest BCUT2D eigenvalue weighted by atomic mass is 32.2. The van der Waals surface area contributed by atoms with Crippen LogP contribution in [0.2, 0.25) is 0 Å². The molecule has 0 atom stereocenters. The number of amides is 1. The first-order valence-corrected chi connectivity index (χ1v) is 7.64. The highest BCUT2D eigenvalue weighted by Crippen LogP contribution is 2.20. The Kier molecular flexibility index (Phi) is 7.41. The Morgan fingerprint density at radius 2 is 2.00 bits per heavy atom. The Hall–Kier alpha value is -1.16. The van der Waals surface area contributed by atoms with Crippen molar-refractivity contribution in [3.05, 3.63) is 24.3 Å². The van der Waals surface area contributed by atoms with Crippen molar-refractivity contribution in [2.75, 3.05) is 19.4 Å². The molecule has 1 amide bonds. The van der Waals surface area contributed by atoms with Crippen molar-refractivity contribution in [2.24, 2.45) is 5.92 Å². The molecular formula is C15H23NO2S. The molecule has 1 rings (SSSR count). The number of carbonyl (C=O) groups is 1. The van der Waals surface area contributed by atoms with Gasteiger partial charge in [-0.05, 0) is 43.0 Å². The third-order valence-corrected chi connectivity index (χ3v) is 3.72. The molecule has 0 unspecified atom stereocenters. The largest absolute Gasteiger partial charge is 0.497 e. The molecule has 0 radical (unpaired) electrons. The minimum atomic E-state index is 0.101. The lowest BCUT2D eigenvalue weighted by atomic mass is 10.1. The standard InChI is InChI=1S/C15H23NO2S/c1-12(2)5-4-10-16-15(17)11-19-14-8-6-13(18-3)7-9-14/h6-9,12H,4-5,10-11H2,1-3H3,(H,16,17). The van der Waals surface area contributed by atoms with Crippen LogP contribution < -0.4 is 10.1 Å². The number of ether oxygens (including phenoxy) is 1. The fraction of sp³-hybridized carbons (Fsp3) is 0.533. The molecule has 4 heteroatoms. The molecule has 0 fully saturated rings. The topological polar surface area (TPSA) is 38.3 Å². The first-order chi connectivity index (χ1) is 9.11. The van der Waals surface area contributed by atoms with Gasteiger partial charge in [0.2, 0.25) is 5.91 Å². The molecule has 1 aromatic carbocycles. The predicted molar refractivity (Wildman–Crippen MR) is 80.8 cm³/mol. The minimum Gasteiger partial charge on any atom is -0.497 e. The monoisotopic (exact) mass is 281 g/mol. The van der Waals surface area contributed by atoms with Gasteiger partial charge in [0.25, 0.3) is 0 Å². The summed E-state index contributed by atoms with van der Waals surface area (Å²) in [6, 6.07) is 7.75. The van der Waals surface area contributed by atoms with Gasteiger partial charge >= 0.3 is 0 Å². The van der Waals surface area contributed by atoms with Gasteiger partial charge in [-0.15, -0.1) is 11.8 Å². The first-order valence-electron chi connectivity index (χ1n) is 6.65. The molecule has 19 heavy (non-hydrogen) atoms. The van der Waals surface area contributed by atoms with Crippen molar-refractivity contribution in [1.29, 1.82) is 0 Å². The van der Waals surface area contributed by atoms with Gasteiger partial charge in [0, 0.05) is 11.4 Å². The van der Waals surface area contributed by atoms with E-state index in [1.54, 1.807) is 18.9 Å². The number of thioether (sulfide) groups is 1. The van der Waals surface area contributed by atoms with Crippen LogP contribution in [0.25, 0.3) is 0 Å². The molecule has 0 spiro atoms. The maximum absolute atomic E-state index is 11.6. The summed E-state index contributed by atoms with van der Waals surface area (Å²) in [6.45, 7) is 5.17. The molecule has 0 aliphatic rings. The lowest BCUT2D eigenvalue weighted by Gasteiger charge is -2.07. The summed E-state index contributed by atoms with van der Waals surface area (Å²) in [6.07, 6.45) is 2.21. The first kappa shape index (κ1) is 15.9. The van der Waals surface area contributed by atoms with Gasteiger partial charge < -0.3 is 10.1 Å². The number of benzene rings is 1. The average molecular weight is 281 g/mol. The highest BCUT2D eigenvalue weighted by Gasteiger charge is 2.03. The van der Waals surface area contributed by atoms with Crippen LogP contribution in [0.3, 0.4) is 0 Å². The van der Waals surface area contributed by atoms with Crippen molar-refractivity contribution in [3.63, 3.8) is 0 Å². The zero-order chi connectivity index (χ0) is 14.1. The van der Waals surface area contributed by atoms with E-state index in [2.05, 4.69) is 19.2 Å². The van der Waals surface area contributed by atoms with Crippen LogP contribution in [-0.2, 0) is 4.79 Å². The molecular weight excluding hydrogens is 258 g/mol. The van der Waals surface area contributed by atoms with E-state index in [0.717, 1.165) is 30.0 Å². The Balaban J connectivity index is 2.18. The molecule has 0 aliphatic carbocycles. The van der Waals surface area contributed by atoms with E-state index >= 15 is 0 Å². The number of hydrogen-bond donors (Lipinski definition) is 1. The lowest BCUT2D eigenvalue weighted by molar-refractivity contribution is -0.118. The van der Waals surface area contributed by atoms with Crippen LogP contribution in [0.5, 0.6) is 5.75 Å². The zero-order valence-electron chi connectivity index (χ0n) is 11.9. The molecule has 0 saturated carbocycles. The highest BCUT2D eigenvalue weighted by molar-refractivity contribution is 8.00. The number of methoxy groups -OCH3 is 1. The van der Waals surface area contributed by atoms with Crippen molar-refractivity contribution in [1.82, 2.24) is 5.32 Å². The molecule has 0 heterocycles. The molecule has 0 bridgehead atoms. The van der Waals surface area contributed by atoms with Crippen LogP contribution in [0.1, 0.15) is 26.7 Å². The summed E-state index contributed by atoms with van der Waals surface area (Å²) in [5.41, 5.74) is 0. The number of carbonyl (C=O) groups excluding carboxylic acids is 1. The van der Waals surface area contributed by atoms with Crippen molar-refractivity contribution >= 4 is 17.7 Å². The van der Waals surface area contributed by atoms with Crippen LogP contribution in [-0.4, -0.2) is 25.3 Å². The van der Waals surface area contributed by atoms with Gasteiger partial charge in [0.05, 0.1) is 12.9 Å². The second-order valence-electron chi connectivity index (χ2n) is 4.85. The Morgan fingerprint density at radius 1 is 1.32 bits per heavy atom. The van der Waals surface area contributed by atoms with Crippen LogP contribution >= 0.6 is 11.8 Å². The molecule has 106 valence electrons. The van der Waals surface area contributed by atoms with Crippen molar-refractivity contribution < 1.29 is 9.53 Å². The maximum Gasteiger partial charge on any atom is 0.230 e. The minimum absolute atomic E-state index is 0.101. The quantitative estimate of drug-likeness (QED) is 0.586. The number of hydrogen-bond acceptors (Lipinski definition) is 3. The van der Waals surface area contributed by atoms with Crippen LogP contribution in [0.4, 0.5) is 0 Å². The second-order valence-corrected chi connectivity index (χ2v) is 5.90. The fourth-order valence-electron chi connectivity index (χ4n) is 1.61. The third-order valence-electron chi connectivity index (χ3n) is 2.71. The average Bonchev–Trinajstić information content (AvgIpc) is 2.41. The summed E-state index contributed by atoms with van der Waals surface area (Å²) >= 11 is 1.54. The van der Waals surface area contributed by atoms with E-state index in [1.165, 1.54) is 0 Å². The summed E-state index contributed by atoms with van der Waals surface area (Å²) in [7, 11) is 1.65. The summed E-state index contributed by atoms with van der Waals surface area (Å²) < 4.78 is 5.09. The van der Waals surface area contributed by atoms with Gasteiger partial charge in [-0.1, -0.05) is 13.8 Å². The molecule has 1 aromatic rings. The normalized spacial score (nSPS) is 10.5. The zero-order valence-corrected chi connectivity index (χ0v) is 12.8. The van der Waals surface area contributed by atoms with Crippen LogP contribution in [0, 0.1) is 5.92 Å². The second kappa shape index (κ2) is 8.86. The van der Waals surface area contributed by atoms with Crippen molar-refractivity contribution in [2.45, 2.75) is 31.6 Å². The van der Waals surface area contributed by atoms with E-state index in [4.69, 9.17) is 4.74 Å². The van der Waals surface area contributed by atoms with E-state index in [1.807, 2.05) is 24.3 Å². The fourth-order valence-corrected chi connectivity index (χ4v) is 2.34. The smallest absolute Gasteiger partial charge is 0.230 e. The van der Waals surface area contributed by atoms with Gasteiger partial charge in [-0.3, -0.25) is 4.79 Å². The third kappa shape index (κ3) is 7.11. The maximum atomic E-state index is 11.6. The van der Waals surface area contributed by atoms with Crippen molar-refractivity contribution in [3.8, 4) is 5.75 Å².